The van der Waals surface area contributed by atoms with Crippen molar-refractivity contribution in [3.05, 3.63) is 58.1 Å². The van der Waals surface area contributed by atoms with Crippen molar-refractivity contribution in [3.63, 3.8) is 0 Å². The maximum Gasteiger partial charge on any atom is 0.269 e. The summed E-state index contributed by atoms with van der Waals surface area (Å²) in [5.74, 6) is 0.592. The van der Waals surface area contributed by atoms with Crippen LogP contribution in [0.25, 0.3) is 0 Å². The Hall–Kier alpha value is -2.61. The number of aryl methyl sites for hydroxylation is 1. The number of sulfonamides is 1. The Morgan fingerprint density at radius 1 is 1.14 bits per heavy atom. The molecule has 0 aromatic heterocycles. The predicted octanol–water partition coefficient (Wildman–Crippen LogP) is 2.71. The summed E-state index contributed by atoms with van der Waals surface area (Å²) in [6.45, 7) is 1.74. The normalized spacial score (nSPS) is 11.0. The zero-order chi connectivity index (χ0) is 16.3. The Labute approximate surface area is 127 Å². The molecule has 2 aromatic rings. The second-order valence-corrected chi connectivity index (χ2v) is 6.22. The first-order valence-corrected chi connectivity index (χ1v) is 7.74. The molecule has 0 aliphatic carbocycles. The third kappa shape index (κ3) is 3.34. The average molecular weight is 322 g/mol. The van der Waals surface area contributed by atoms with Gasteiger partial charge in [-0.05, 0) is 42.8 Å². The first-order chi connectivity index (χ1) is 10.3. The molecule has 0 saturated heterocycles. The molecule has 0 amide bonds. The highest BCUT2D eigenvalue weighted by Gasteiger charge is 2.16. The summed E-state index contributed by atoms with van der Waals surface area (Å²) in [4.78, 5) is 10.1. The number of nitrogens with zero attached hydrogens (tertiary/aromatic N) is 1. The Morgan fingerprint density at radius 3 is 2.27 bits per heavy atom. The molecule has 0 fully saturated rings. The molecule has 0 aliphatic rings. The quantitative estimate of drug-likeness (QED) is 0.674. The number of nitro groups is 1. The van der Waals surface area contributed by atoms with E-state index in [1.807, 2.05) is 0 Å². The molecule has 22 heavy (non-hydrogen) atoms. The summed E-state index contributed by atoms with van der Waals surface area (Å²) in [5, 5.41) is 10.6. The standard InChI is InChI=1S/C14H14N2O5S/c1-10-9-13(7-8-14(10)21-2)22(19,20)15-11-3-5-12(6-4-11)16(17)18/h3-9,15H,1-2H3. The number of ether oxygens (including phenoxy) is 1. The van der Waals surface area contributed by atoms with E-state index in [-0.39, 0.29) is 16.3 Å². The molecule has 0 spiro atoms. The van der Waals surface area contributed by atoms with E-state index in [2.05, 4.69) is 4.72 Å². The average Bonchev–Trinajstić information content (AvgIpc) is 2.47. The fraction of sp³-hybridized carbons (Fsp3) is 0.143. The van der Waals surface area contributed by atoms with Crippen LogP contribution in [0.4, 0.5) is 11.4 Å². The Kier molecular flexibility index (Phi) is 4.32. The first-order valence-electron chi connectivity index (χ1n) is 6.25. The number of non-ortho nitro benzene ring substituents is 1. The summed E-state index contributed by atoms with van der Waals surface area (Å²) in [5.41, 5.74) is 0.830. The topological polar surface area (TPSA) is 98.5 Å². The molecule has 2 aromatic carbocycles. The number of benzene rings is 2. The first kappa shape index (κ1) is 15.8. The molecule has 0 bridgehead atoms. The molecule has 0 radical (unpaired) electrons. The molecule has 0 saturated carbocycles. The van der Waals surface area contributed by atoms with Gasteiger partial charge in [0.2, 0.25) is 0 Å². The van der Waals surface area contributed by atoms with Gasteiger partial charge in [0.1, 0.15) is 5.75 Å². The van der Waals surface area contributed by atoms with Crippen molar-refractivity contribution in [1.82, 2.24) is 0 Å². The second kappa shape index (κ2) is 6.02. The third-order valence-electron chi connectivity index (χ3n) is 3.01. The van der Waals surface area contributed by atoms with Crippen LogP contribution in [0.15, 0.2) is 47.4 Å². The zero-order valence-corrected chi connectivity index (χ0v) is 12.8. The van der Waals surface area contributed by atoms with Gasteiger partial charge in [-0.25, -0.2) is 8.42 Å². The van der Waals surface area contributed by atoms with Gasteiger partial charge < -0.3 is 4.74 Å². The lowest BCUT2D eigenvalue weighted by atomic mass is 10.2. The number of nitrogens with one attached hydrogen (secondary N) is 1. The third-order valence-corrected chi connectivity index (χ3v) is 4.39. The molecule has 2 rings (SSSR count). The molecule has 116 valence electrons. The summed E-state index contributed by atoms with van der Waals surface area (Å²) in [6, 6.07) is 9.64. The van der Waals surface area contributed by atoms with Crippen molar-refractivity contribution in [2.45, 2.75) is 11.8 Å². The van der Waals surface area contributed by atoms with E-state index in [0.29, 0.717) is 11.3 Å². The molecular weight excluding hydrogens is 308 g/mol. The zero-order valence-electron chi connectivity index (χ0n) is 11.9. The molecule has 0 heterocycles. The molecule has 0 atom stereocenters. The molecule has 8 heteroatoms. The van der Waals surface area contributed by atoms with Crippen molar-refractivity contribution >= 4 is 21.4 Å². The van der Waals surface area contributed by atoms with Crippen LogP contribution in [-0.2, 0) is 10.0 Å². The highest BCUT2D eigenvalue weighted by atomic mass is 32.2. The molecule has 7 nitrogen and oxygen atoms in total. The smallest absolute Gasteiger partial charge is 0.269 e. The van der Waals surface area contributed by atoms with Gasteiger partial charge in [0.25, 0.3) is 15.7 Å². The summed E-state index contributed by atoms with van der Waals surface area (Å²) in [7, 11) is -2.26. The van der Waals surface area contributed by atoms with Crippen LogP contribution >= 0.6 is 0 Å². The highest BCUT2D eigenvalue weighted by Crippen LogP contribution is 2.24. The van der Waals surface area contributed by atoms with Gasteiger partial charge in [0.15, 0.2) is 0 Å². The fourth-order valence-corrected chi connectivity index (χ4v) is 3.03. The van der Waals surface area contributed by atoms with Gasteiger partial charge in [-0.1, -0.05) is 0 Å². The summed E-state index contributed by atoms with van der Waals surface area (Å²) >= 11 is 0. The van der Waals surface area contributed by atoms with Crippen LogP contribution in [0.1, 0.15) is 5.56 Å². The van der Waals surface area contributed by atoms with Crippen molar-refractivity contribution in [3.8, 4) is 5.75 Å². The molecular formula is C14H14N2O5S. The van der Waals surface area contributed by atoms with Gasteiger partial charge in [-0.15, -0.1) is 0 Å². The van der Waals surface area contributed by atoms with Crippen LogP contribution in [0.2, 0.25) is 0 Å². The van der Waals surface area contributed by atoms with Crippen molar-refractivity contribution in [2.75, 3.05) is 11.8 Å². The van der Waals surface area contributed by atoms with Gasteiger partial charge in [0, 0.05) is 17.8 Å². The number of rotatable bonds is 5. The minimum Gasteiger partial charge on any atom is -0.496 e. The van der Waals surface area contributed by atoms with E-state index < -0.39 is 14.9 Å². The van der Waals surface area contributed by atoms with E-state index in [0.717, 1.165) is 0 Å². The number of hydrogen-bond donors (Lipinski definition) is 1. The van der Waals surface area contributed by atoms with E-state index in [4.69, 9.17) is 4.74 Å². The number of hydrogen-bond acceptors (Lipinski definition) is 5. The molecule has 0 aliphatic heterocycles. The number of anilines is 1. The van der Waals surface area contributed by atoms with Gasteiger partial charge in [0.05, 0.1) is 16.9 Å². The summed E-state index contributed by atoms with van der Waals surface area (Å²) < 4.78 is 32.0. The highest BCUT2D eigenvalue weighted by molar-refractivity contribution is 7.92. The lowest BCUT2D eigenvalue weighted by molar-refractivity contribution is -0.384. The van der Waals surface area contributed by atoms with Crippen LogP contribution in [-0.4, -0.2) is 20.5 Å². The molecule has 1 N–H and O–H groups in total. The minimum absolute atomic E-state index is 0.0872. The Bertz CT molecular complexity index is 800. The largest absolute Gasteiger partial charge is 0.496 e. The van der Waals surface area contributed by atoms with Crippen LogP contribution < -0.4 is 9.46 Å². The van der Waals surface area contributed by atoms with Crippen LogP contribution in [0.5, 0.6) is 5.75 Å². The number of nitro benzene ring substituents is 1. The molecule has 0 unspecified atom stereocenters. The number of methoxy groups -OCH3 is 1. The van der Waals surface area contributed by atoms with E-state index in [1.165, 1.54) is 43.5 Å². The van der Waals surface area contributed by atoms with Crippen molar-refractivity contribution in [1.29, 1.82) is 0 Å². The van der Waals surface area contributed by atoms with Gasteiger partial charge in [-0.3, -0.25) is 14.8 Å². The monoisotopic (exact) mass is 322 g/mol. The Balaban J connectivity index is 2.27. The predicted molar refractivity (Wildman–Crippen MR) is 81.6 cm³/mol. The van der Waals surface area contributed by atoms with Crippen molar-refractivity contribution < 1.29 is 18.1 Å². The van der Waals surface area contributed by atoms with Crippen molar-refractivity contribution in [2.24, 2.45) is 0 Å². The van der Waals surface area contributed by atoms with E-state index in [1.54, 1.807) is 13.0 Å². The maximum absolute atomic E-state index is 12.3. The van der Waals surface area contributed by atoms with Crippen LogP contribution in [0, 0.1) is 17.0 Å². The maximum atomic E-state index is 12.3. The van der Waals surface area contributed by atoms with Gasteiger partial charge in [-0.2, -0.15) is 0 Å². The second-order valence-electron chi connectivity index (χ2n) is 4.54. The van der Waals surface area contributed by atoms with Crippen LogP contribution in [0.3, 0.4) is 0 Å². The lowest BCUT2D eigenvalue weighted by Gasteiger charge is -2.10. The fourth-order valence-electron chi connectivity index (χ4n) is 1.88. The minimum atomic E-state index is -3.77. The van der Waals surface area contributed by atoms with E-state index >= 15 is 0 Å². The lowest BCUT2D eigenvalue weighted by Crippen LogP contribution is -2.13. The van der Waals surface area contributed by atoms with E-state index in [9.17, 15) is 18.5 Å². The van der Waals surface area contributed by atoms with Gasteiger partial charge >= 0.3 is 0 Å². The Morgan fingerprint density at radius 2 is 1.77 bits per heavy atom. The SMILES string of the molecule is COc1ccc(S(=O)(=O)Nc2ccc([N+](=O)[O-])cc2)cc1C. The summed E-state index contributed by atoms with van der Waals surface area (Å²) in [6.07, 6.45) is 0.